The number of rotatable bonds is 4. The molecule has 1 fully saturated rings. The number of Topliss-reactive ketones (excluding diaryl/α,β-unsaturated/α-hetero) is 1. The smallest absolute Gasteiger partial charge is 0.237 e. The number of carbonyl (C=O) groups is 3. The van der Waals surface area contributed by atoms with Gasteiger partial charge in [0.05, 0.1) is 11.5 Å². The van der Waals surface area contributed by atoms with Crippen LogP contribution in [0.15, 0.2) is 24.3 Å². The summed E-state index contributed by atoms with van der Waals surface area (Å²) in [6, 6.07) is 7.37. The Morgan fingerprint density at radius 1 is 1.48 bits per heavy atom. The molecule has 0 radical (unpaired) electrons. The molecule has 0 aromatic heterocycles. The van der Waals surface area contributed by atoms with Crippen molar-refractivity contribution in [1.29, 1.82) is 0 Å². The summed E-state index contributed by atoms with van der Waals surface area (Å²) in [5, 5.41) is 2.93. The molecule has 5 nitrogen and oxygen atoms in total. The number of hydrogen-bond acceptors (Lipinski definition) is 3. The molecule has 1 N–H and O–H groups in total. The predicted molar refractivity (Wildman–Crippen MR) is 77.8 cm³/mol. The second kappa shape index (κ2) is 4.98. The molecule has 2 atom stereocenters. The fourth-order valence-electron chi connectivity index (χ4n) is 3.71. The van der Waals surface area contributed by atoms with E-state index in [2.05, 4.69) is 5.32 Å². The Bertz CT molecular complexity index is 613. The molecule has 3 rings (SSSR count). The molecule has 0 bridgehead atoms. The number of nitrogens with one attached hydrogen (secondary N) is 1. The van der Waals surface area contributed by atoms with Gasteiger partial charge in [0, 0.05) is 18.7 Å². The second-order valence-electron chi connectivity index (χ2n) is 5.82. The standard InChI is InChI=1S/C16H18N2O3/c1-11(20)6-7-14-16(8-9-18(14)10-19)12-4-2-3-5-13(12)17-15(16)21/h2-5,10,14H,6-9H2,1H3,(H,17,21)/t14-,16-/m0/s1. The molecule has 2 heterocycles. The highest BCUT2D eigenvalue weighted by atomic mass is 16.2. The summed E-state index contributed by atoms with van der Waals surface area (Å²) in [4.78, 5) is 37.0. The van der Waals surface area contributed by atoms with Gasteiger partial charge in [0.1, 0.15) is 5.78 Å². The van der Waals surface area contributed by atoms with E-state index in [4.69, 9.17) is 0 Å². The normalized spacial score (nSPS) is 26.8. The van der Waals surface area contributed by atoms with Crippen LogP contribution in [0.1, 0.15) is 31.7 Å². The molecule has 2 amide bonds. The number of benzene rings is 1. The van der Waals surface area contributed by atoms with Gasteiger partial charge < -0.3 is 15.0 Å². The van der Waals surface area contributed by atoms with Crippen LogP contribution in [0.4, 0.5) is 5.69 Å². The lowest BCUT2D eigenvalue weighted by Crippen LogP contribution is -2.46. The van der Waals surface area contributed by atoms with Crippen molar-refractivity contribution in [2.75, 3.05) is 11.9 Å². The summed E-state index contributed by atoms with van der Waals surface area (Å²) in [5.41, 5.74) is 1.07. The van der Waals surface area contributed by atoms with Crippen LogP contribution in [0, 0.1) is 0 Å². The van der Waals surface area contributed by atoms with Crippen molar-refractivity contribution in [2.24, 2.45) is 0 Å². The van der Waals surface area contributed by atoms with Gasteiger partial charge in [-0.2, -0.15) is 0 Å². The monoisotopic (exact) mass is 286 g/mol. The van der Waals surface area contributed by atoms with E-state index in [1.807, 2.05) is 24.3 Å². The number of fused-ring (bicyclic) bond motifs is 2. The van der Waals surface area contributed by atoms with Gasteiger partial charge in [-0.3, -0.25) is 9.59 Å². The molecule has 21 heavy (non-hydrogen) atoms. The molecule has 1 aromatic carbocycles. The first-order valence-corrected chi connectivity index (χ1v) is 7.21. The maximum absolute atomic E-state index is 12.6. The number of anilines is 1. The van der Waals surface area contributed by atoms with Crippen LogP contribution in [0.5, 0.6) is 0 Å². The van der Waals surface area contributed by atoms with Gasteiger partial charge in [0.2, 0.25) is 12.3 Å². The third kappa shape index (κ3) is 1.95. The highest BCUT2D eigenvalue weighted by molar-refractivity contribution is 6.07. The summed E-state index contributed by atoms with van der Waals surface area (Å²) in [6.45, 7) is 2.09. The Kier molecular flexibility index (Phi) is 3.27. The molecule has 2 aliphatic rings. The van der Waals surface area contributed by atoms with Gasteiger partial charge in [-0.25, -0.2) is 0 Å². The second-order valence-corrected chi connectivity index (χ2v) is 5.82. The number of amides is 2. The van der Waals surface area contributed by atoms with Gasteiger partial charge in [-0.15, -0.1) is 0 Å². The minimum atomic E-state index is -0.701. The SMILES string of the molecule is CC(=O)CC[C@@H]1N(C=O)CC[C@@]12C(=O)Nc1ccccc12. The topological polar surface area (TPSA) is 66.5 Å². The quantitative estimate of drug-likeness (QED) is 0.852. The van der Waals surface area contributed by atoms with Crippen molar-refractivity contribution < 1.29 is 14.4 Å². The maximum Gasteiger partial charge on any atom is 0.237 e. The summed E-state index contributed by atoms with van der Waals surface area (Å²) in [7, 11) is 0. The first kappa shape index (κ1) is 13.8. The Morgan fingerprint density at radius 3 is 2.95 bits per heavy atom. The van der Waals surface area contributed by atoms with Gasteiger partial charge in [-0.05, 0) is 31.4 Å². The summed E-state index contributed by atoms with van der Waals surface area (Å²) < 4.78 is 0. The third-order valence-electron chi connectivity index (χ3n) is 4.70. The lowest BCUT2D eigenvalue weighted by Gasteiger charge is -2.32. The molecule has 0 unspecified atom stereocenters. The van der Waals surface area contributed by atoms with Gasteiger partial charge >= 0.3 is 0 Å². The number of ketones is 1. The van der Waals surface area contributed by atoms with E-state index in [0.29, 0.717) is 25.8 Å². The molecule has 5 heteroatoms. The average Bonchev–Trinajstić information content (AvgIpc) is 2.97. The van der Waals surface area contributed by atoms with Gasteiger partial charge in [-0.1, -0.05) is 18.2 Å². The molecular formula is C16H18N2O3. The van der Waals surface area contributed by atoms with Crippen molar-refractivity contribution >= 4 is 23.8 Å². The highest BCUT2D eigenvalue weighted by Gasteiger charge is 2.57. The molecule has 0 aliphatic carbocycles. The fourth-order valence-corrected chi connectivity index (χ4v) is 3.71. The molecule has 110 valence electrons. The van der Waals surface area contributed by atoms with Crippen LogP contribution in [-0.4, -0.2) is 35.6 Å². The lowest BCUT2D eigenvalue weighted by atomic mass is 9.73. The predicted octanol–water partition coefficient (Wildman–Crippen LogP) is 1.48. The van der Waals surface area contributed by atoms with Crippen LogP contribution in [-0.2, 0) is 19.8 Å². The first-order chi connectivity index (χ1) is 10.1. The minimum Gasteiger partial charge on any atom is -0.341 e. The molecular weight excluding hydrogens is 268 g/mol. The van der Waals surface area contributed by atoms with Crippen LogP contribution in [0.3, 0.4) is 0 Å². The Morgan fingerprint density at radius 2 is 2.24 bits per heavy atom. The Balaban J connectivity index is 2.03. The average molecular weight is 286 g/mol. The van der Waals surface area contributed by atoms with Crippen molar-refractivity contribution in [1.82, 2.24) is 4.90 Å². The third-order valence-corrected chi connectivity index (χ3v) is 4.70. The van der Waals surface area contributed by atoms with Gasteiger partial charge in [0.15, 0.2) is 0 Å². The van der Waals surface area contributed by atoms with E-state index in [9.17, 15) is 14.4 Å². The molecule has 1 aromatic rings. The van der Waals surface area contributed by atoms with E-state index in [-0.39, 0.29) is 17.7 Å². The van der Waals surface area contributed by atoms with Crippen molar-refractivity contribution in [3.8, 4) is 0 Å². The number of carbonyl (C=O) groups excluding carboxylic acids is 3. The fraction of sp³-hybridized carbons (Fsp3) is 0.438. The zero-order valence-corrected chi connectivity index (χ0v) is 12.0. The van der Waals surface area contributed by atoms with Crippen LogP contribution < -0.4 is 5.32 Å². The van der Waals surface area contributed by atoms with Crippen molar-refractivity contribution in [3.05, 3.63) is 29.8 Å². The molecule has 1 saturated heterocycles. The summed E-state index contributed by atoms with van der Waals surface area (Å²) >= 11 is 0. The lowest BCUT2D eigenvalue weighted by molar-refractivity contribution is -0.125. The Hall–Kier alpha value is -2.17. The van der Waals surface area contributed by atoms with E-state index >= 15 is 0 Å². The summed E-state index contributed by atoms with van der Waals surface area (Å²) in [5.74, 6) is 0.0243. The summed E-state index contributed by atoms with van der Waals surface area (Å²) in [6.07, 6.45) is 2.31. The zero-order valence-electron chi connectivity index (χ0n) is 12.0. The minimum absolute atomic E-state index is 0.0541. The van der Waals surface area contributed by atoms with Crippen molar-refractivity contribution in [2.45, 2.75) is 37.6 Å². The number of para-hydroxylation sites is 1. The van der Waals surface area contributed by atoms with E-state index in [1.54, 1.807) is 4.90 Å². The zero-order chi connectivity index (χ0) is 15.0. The first-order valence-electron chi connectivity index (χ1n) is 7.21. The van der Waals surface area contributed by atoms with Crippen LogP contribution in [0.2, 0.25) is 0 Å². The van der Waals surface area contributed by atoms with E-state index in [1.165, 1.54) is 6.92 Å². The number of hydrogen-bond donors (Lipinski definition) is 1. The Labute approximate surface area is 123 Å². The largest absolute Gasteiger partial charge is 0.341 e. The van der Waals surface area contributed by atoms with Gasteiger partial charge in [0.25, 0.3) is 0 Å². The molecule has 0 saturated carbocycles. The maximum atomic E-state index is 12.6. The van der Waals surface area contributed by atoms with Crippen molar-refractivity contribution in [3.63, 3.8) is 0 Å². The molecule has 2 aliphatic heterocycles. The van der Waals surface area contributed by atoms with Crippen LogP contribution in [0.25, 0.3) is 0 Å². The number of nitrogens with zero attached hydrogens (tertiary/aromatic N) is 1. The van der Waals surface area contributed by atoms with E-state index < -0.39 is 5.41 Å². The van der Waals surface area contributed by atoms with E-state index in [0.717, 1.165) is 17.7 Å². The highest BCUT2D eigenvalue weighted by Crippen LogP contribution is 2.48. The van der Waals surface area contributed by atoms with Crippen LogP contribution >= 0.6 is 0 Å². The number of likely N-dealkylation sites (tertiary alicyclic amines) is 1. The molecule has 1 spiro atoms.